The zero-order valence-corrected chi connectivity index (χ0v) is 21.1. The fourth-order valence-corrected chi connectivity index (χ4v) is 5.16. The molecule has 35 heavy (non-hydrogen) atoms. The number of carbonyl (C=O) groups is 3. The van der Waals surface area contributed by atoms with Crippen molar-refractivity contribution >= 4 is 30.3 Å². The highest BCUT2D eigenvalue weighted by atomic mass is 32.1. The van der Waals surface area contributed by atoms with Gasteiger partial charge in [-0.2, -0.15) is 12.6 Å². The number of methoxy groups -OCH3 is 1. The number of ether oxygens (including phenoxy) is 1. The Morgan fingerprint density at radius 1 is 1.17 bits per heavy atom. The van der Waals surface area contributed by atoms with E-state index in [1.165, 1.54) is 13.2 Å². The SMILES string of the molecule is COC(=O)CCN1CCN(C/C=C2\CN(C(C(=O)C3CC3)c3ccccc3F)CCC2S)CC1=O. The van der Waals surface area contributed by atoms with E-state index in [2.05, 4.69) is 20.6 Å². The maximum absolute atomic E-state index is 14.7. The van der Waals surface area contributed by atoms with Crippen LogP contribution in [0.2, 0.25) is 0 Å². The molecule has 0 N–H and O–H groups in total. The number of amides is 1. The lowest BCUT2D eigenvalue weighted by molar-refractivity contribution is -0.142. The first kappa shape index (κ1) is 25.9. The molecule has 0 radical (unpaired) electrons. The minimum atomic E-state index is -0.576. The van der Waals surface area contributed by atoms with E-state index in [4.69, 9.17) is 12.6 Å². The fourth-order valence-electron chi connectivity index (χ4n) is 4.86. The summed E-state index contributed by atoms with van der Waals surface area (Å²) in [6.45, 7) is 3.80. The van der Waals surface area contributed by atoms with Crippen LogP contribution in [0.15, 0.2) is 35.9 Å². The van der Waals surface area contributed by atoms with Crippen LogP contribution in [0, 0.1) is 11.7 Å². The molecule has 1 aliphatic carbocycles. The molecular weight excluding hydrogens is 469 g/mol. The Kier molecular flexibility index (Phi) is 8.62. The van der Waals surface area contributed by atoms with Gasteiger partial charge in [-0.25, -0.2) is 4.39 Å². The highest BCUT2D eigenvalue weighted by Crippen LogP contribution is 2.39. The van der Waals surface area contributed by atoms with Crippen LogP contribution in [0.25, 0.3) is 0 Å². The van der Waals surface area contributed by atoms with Crippen molar-refractivity contribution < 1.29 is 23.5 Å². The largest absolute Gasteiger partial charge is 0.469 e. The summed E-state index contributed by atoms with van der Waals surface area (Å²) in [4.78, 5) is 43.0. The quantitative estimate of drug-likeness (QED) is 0.317. The zero-order chi connectivity index (χ0) is 24.9. The van der Waals surface area contributed by atoms with Gasteiger partial charge in [0.25, 0.3) is 0 Å². The third-order valence-corrected chi connectivity index (χ3v) is 7.73. The number of hydrogen-bond acceptors (Lipinski definition) is 7. The molecule has 0 aromatic heterocycles. The number of carbonyl (C=O) groups excluding carboxylic acids is 3. The second-order valence-corrected chi connectivity index (χ2v) is 10.2. The summed E-state index contributed by atoms with van der Waals surface area (Å²) in [5.41, 5.74) is 1.56. The van der Waals surface area contributed by atoms with E-state index in [0.29, 0.717) is 44.8 Å². The molecule has 3 fully saturated rings. The van der Waals surface area contributed by atoms with E-state index in [1.54, 1.807) is 23.1 Å². The Balaban J connectivity index is 1.40. The van der Waals surface area contributed by atoms with Crippen molar-refractivity contribution in [2.45, 2.75) is 37.0 Å². The van der Waals surface area contributed by atoms with Gasteiger partial charge in [-0.3, -0.25) is 24.2 Å². The Hall–Kier alpha value is -2.23. The van der Waals surface area contributed by atoms with Crippen molar-refractivity contribution in [1.82, 2.24) is 14.7 Å². The van der Waals surface area contributed by atoms with Crippen molar-refractivity contribution in [2.24, 2.45) is 5.92 Å². The molecule has 0 bridgehead atoms. The van der Waals surface area contributed by atoms with Gasteiger partial charge < -0.3 is 9.64 Å². The molecule has 1 aromatic carbocycles. The first-order valence-corrected chi connectivity index (χ1v) is 12.8. The van der Waals surface area contributed by atoms with Crippen LogP contribution in [0.1, 0.15) is 37.3 Å². The van der Waals surface area contributed by atoms with Gasteiger partial charge in [0.05, 0.1) is 26.1 Å². The van der Waals surface area contributed by atoms with E-state index >= 15 is 0 Å². The highest BCUT2D eigenvalue weighted by molar-refractivity contribution is 7.81. The monoisotopic (exact) mass is 503 g/mol. The topological polar surface area (TPSA) is 70.2 Å². The average Bonchev–Trinajstić information content (AvgIpc) is 3.70. The number of piperidine rings is 1. The molecular formula is C26H34FN3O4S. The molecule has 4 rings (SSSR count). The molecule has 2 heterocycles. The van der Waals surface area contributed by atoms with Gasteiger partial charge in [-0.05, 0) is 30.9 Å². The molecule has 2 saturated heterocycles. The van der Waals surface area contributed by atoms with Crippen LogP contribution >= 0.6 is 12.6 Å². The smallest absolute Gasteiger partial charge is 0.307 e. The number of halogens is 1. The van der Waals surface area contributed by atoms with Crippen LogP contribution < -0.4 is 0 Å². The molecule has 1 amide bonds. The lowest BCUT2D eigenvalue weighted by Crippen LogP contribution is -2.50. The summed E-state index contributed by atoms with van der Waals surface area (Å²) < 4.78 is 19.4. The van der Waals surface area contributed by atoms with Gasteiger partial charge in [0, 0.05) is 56.0 Å². The predicted octanol–water partition coefficient (Wildman–Crippen LogP) is 2.48. The van der Waals surface area contributed by atoms with Gasteiger partial charge in [0.2, 0.25) is 5.91 Å². The fraction of sp³-hybridized carbons (Fsp3) is 0.577. The van der Waals surface area contributed by atoms with Crippen LogP contribution in [-0.2, 0) is 19.1 Å². The number of nitrogens with zero attached hydrogens (tertiary/aromatic N) is 3. The number of rotatable bonds is 9. The van der Waals surface area contributed by atoms with E-state index in [-0.39, 0.29) is 41.1 Å². The van der Waals surface area contributed by atoms with Crippen LogP contribution in [0.5, 0.6) is 0 Å². The van der Waals surface area contributed by atoms with Crippen molar-refractivity contribution in [3.63, 3.8) is 0 Å². The summed E-state index contributed by atoms with van der Waals surface area (Å²) >= 11 is 4.77. The standard InChI is InChI=1S/C26H34FN3O4S/c1-34-24(32)10-13-29-15-14-28(17-23(29)31)11-8-19-16-30(12-9-22(19)35)25(26(33)18-6-7-18)20-4-2-3-5-21(20)27/h2-5,8,18,22,25,35H,6-7,9-17H2,1H3/b19-8+. The first-order chi connectivity index (χ1) is 16.9. The third kappa shape index (κ3) is 6.51. The summed E-state index contributed by atoms with van der Waals surface area (Å²) in [5.74, 6) is -0.516. The normalized spacial score (nSPS) is 24.0. The number of thiol groups is 1. The maximum atomic E-state index is 14.7. The molecule has 2 atom stereocenters. The number of ketones is 1. The van der Waals surface area contributed by atoms with Crippen molar-refractivity contribution in [1.29, 1.82) is 0 Å². The minimum absolute atomic E-state index is 0.000828. The molecule has 3 aliphatic rings. The third-order valence-electron chi connectivity index (χ3n) is 7.14. The van der Waals surface area contributed by atoms with Crippen molar-refractivity contribution in [3.05, 3.63) is 47.3 Å². The second kappa shape index (κ2) is 11.7. The van der Waals surface area contributed by atoms with Crippen molar-refractivity contribution in [2.75, 3.05) is 52.9 Å². The number of benzene rings is 1. The maximum Gasteiger partial charge on any atom is 0.307 e. The molecule has 190 valence electrons. The van der Waals surface area contributed by atoms with E-state index in [9.17, 15) is 18.8 Å². The number of hydrogen-bond donors (Lipinski definition) is 1. The lowest BCUT2D eigenvalue weighted by atomic mass is 9.93. The Bertz CT molecular complexity index is 983. The Labute approximate surface area is 211 Å². The van der Waals surface area contributed by atoms with E-state index in [1.807, 2.05) is 0 Å². The van der Waals surface area contributed by atoms with Gasteiger partial charge in [-0.1, -0.05) is 24.3 Å². The van der Waals surface area contributed by atoms with Gasteiger partial charge in [-0.15, -0.1) is 0 Å². The average molecular weight is 504 g/mol. The summed E-state index contributed by atoms with van der Waals surface area (Å²) in [6, 6.07) is 6.01. The molecule has 9 heteroatoms. The second-order valence-electron chi connectivity index (χ2n) is 9.60. The number of esters is 1. The molecule has 7 nitrogen and oxygen atoms in total. The molecule has 1 saturated carbocycles. The van der Waals surface area contributed by atoms with Gasteiger partial charge in [0.15, 0.2) is 5.78 Å². The van der Waals surface area contributed by atoms with E-state index < -0.39 is 6.04 Å². The number of Topliss-reactive ketones (excluding diaryl/α,β-unsaturated/α-hetero) is 1. The van der Waals surface area contributed by atoms with Crippen LogP contribution in [0.3, 0.4) is 0 Å². The summed E-state index contributed by atoms with van der Waals surface area (Å²) in [7, 11) is 1.34. The van der Waals surface area contributed by atoms with Gasteiger partial charge in [0.1, 0.15) is 5.82 Å². The molecule has 2 unspecified atom stereocenters. The zero-order valence-electron chi connectivity index (χ0n) is 20.2. The van der Waals surface area contributed by atoms with Crippen LogP contribution in [-0.4, -0.2) is 90.5 Å². The predicted molar refractivity (Wildman–Crippen MR) is 134 cm³/mol. The van der Waals surface area contributed by atoms with E-state index in [0.717, 1.165) is 31.4 Å². The molecule has 0 spiro atoms. The molecule has 2 aliphatic heterocycles. The highest BCUT2D eigenvalue weighted by Gasteiger charge is 2.40. The van der Waals surface area contributed by atoms with Crippen LogP contribution in [0.4, 0.5) is 4.39 Å². The van der Waals surface area contributed by atoms with Gasteiger partial charge >= 0.3 is 5.97 Å². The summed E-state index contributed by atoms with van der Waals surface area (Å²) in [5, 5.41) is 0.0700. The van der Waals surface area contributed by atoms with Crippen molar-refractivity contribution in [3.8, 4) is 0 Å². The number of piperazine rings is 1. The first-order valence-electron chi connectivity index (χ1n) is 12.3. The Morgan fingerprint density at radius 3 is 2.63 bits per heavy atom. The number of likely N-dealkylation sites (tertiary alicyclic amines) is 1. The lowest BCUT2D eigenvalue weighted by Gasteiger charge is -2.38. The summed E-state index contributed by atoms with van der Waals surface area (Å²) in [6.07, 6.45) is 4.86. The molecule has 1 aromatic rings. The minimum Gasteiger partial charge on any atom is -0.469 e. The Morgan fingerprint density at radius 2 is 1.94 bits per heavy atom.